The second-order valence-corrected chi connectivity index (χ2v) is 9.33. The molecule has 2 aliphatic rings. The average molecular weight is 384 g/mol. The summed E-state index contributed by atoms with van der Waals surface area (Å²) in [6.07, 6.45) is 1.79. The van der Waals surface area contributed by atoms with Gasteiger partial charge in [0.15, 0.2) is 9.84 Å². The number of hydrogen-bond acceptors (Lipinski definition) is 7. The third-order valence-electron chi connectivity index (χ3n) is 3.82. The van der Waals surface area contributed by atoms with E-state index in [9.17, 15) is 23.3 Å². The Kier molecular flexibility index (Phi) is 4.45. The Morgan fingerprint density at radius 2 is 2.08 bits per heavy atom. The van der Waals surface area contributed by atoms with Crippen LogP contribution < -0.4 is 0 Å². The lowest BCUT2D eigenvalue weighted by atomic mass is 10.1. The maximum Gasteiger partial charge on any atom is 0.276 e. The van der Waals surface area contributed by atoms with Gasteiger partial charge < -0.3 is 0 Å². The first-order valence-corrected chi connectivity index (χ1v) is 10.0. The summed E-state index contributed by atoms with van der Waals surface area (Å²) >= 11 is 6.24. The topological polar surface area (TPSA) is 97.6 Å². The molecular formula is C14H12N2O5S3. The first-order chi connectivity index (χ1) is 11.3. The van der Waals surface area contributed by atoms with E-state index in [1.807, 2.05) is 0 Å². The number of benzene rings is 1. The molecule has 126 valence electrons. The molecule has 2 aliphatic heterocycles. The van der Waals surface area contributed by atoms with Crippen LogP contribution in [-0.2, 0) is 14.6 Å². The molecular weight excluding hydrogens is 372 g/mol. The predicted molar refractivity (Wildman–Crippen MR) is 95.2 cm³/mol. The zero-order valence-corrected chi connectivity index (χ0v) is 14.7. The number of amides is 1. The highest BCUT2D eigenvalue weighted by atomic mass is 32.2. The fourth-order valence-corrected chi connectivity index (χ4v) is 5.78. The van der Waals surface area contributed by atoms with E-state index in [-0.39, 0.29) is 26.4 Å². The standard InChI is InChI=1S/C14H12N2O5S3/c17-13-12(7-9-3-1-2-4-11(9)16(18)19)23-14(22)15(13)10-5-6-24(20,21)8-10/h1-4,7,10H,5-6,8H2/b12-7+. The number of nitro benzene ring substituents is 1. The van der Waals surface area contributed by atoms with Crippen LogP contribution in [0.3, 0.4) is 0 Å². The van der Waals surface area contributed by atoms with Gasteiger partial charge in [-0.2, -0.15) is 0 Å². The van der Waals surface area contributed by atoms with Gasteiger partial charge in [-0.3, -0.25) is 19.8 Å². The van der Waals surface area contributed by atoms with E-state index in [2.05, 4.69) is 0 Å². The monoisotopic (exact) mass is 384 g/mol. The number of sulfone groups is 1. The Bertz CT molecular complexity index is 878. The van der Waals surface area contributed by atoms with E-state index in [1.165, 1.54) is 17.0 Å². The van der Waals surface area contributed by atoms with Crippen LogP contribution in [0.25, 0.3) is 6.08 Å². The van der Waals surface area contributed by atoms with Gasteiger partial charge in [0.2, 0.25) is 0 Å². The highest BCUT2D eigenvalue weighted by molar-refractivity contribution is 8.26. The largest absolute Gasteiger partial charge is 0.289 e. The van der Waals surface area contributed by atoms with Crippen LogP contribution in [0, 0.1) is 10.1 Å². The van der Waals surface area contributed by atoms with Gasteiger partial charge in [0.05, 0.1) is 32.9 Å². The van der Waals surface area contributed by atoms with Gasteiger partial charge in [-0.15, -0.1) is 0 Å². The molecule has 2 heterocycles. The zero-order valence-electron chi connectivity index (χ0n) is 12.2. The van der Waals surface area contributed by atoms with Crippen molar-refractivity contribution < 1.29 is 18.1 Å². The zero-order chi connectivity index (χ0) is 17.5. The first kappa shape index (κ1) is 17.1. The fraction of sp³-hybridized carbons (Fsp3) is 0.286. The van der Waals surface area contributed by atoms with Gasteiger partial charge in [-0.1, -0.05) is 36.1 Å². The quantitative estimate of drug-likeness (QED) is 0.340. The van der Waals surface area contributed by atoms with Crippen LogP contribution in [0.4, 0.5) is 5.69 Å². The van der Waals surface area contributed by atoms with E-state index in [0.29, 0.717) is 12.0 Å². The van der Waals surface area contributed by atoms with Crippen molar-refractivity contribution in [2.24, 2.45) is 0 Å². The Hall–Kier alpha value is -1.78. The van der Waals surface area contributed by atoms with Crippen molar-refractivity contribution in [3.63, 3.8) is 0 Å². The molecule has 0 aliphatic carbocycles. The number of thiocarbonyl (C=S) groups is 1. The number of nitro groups is 1. The number of rotatable bonds is 3. The minimum absolute atomic E-state index is 0.0396. The summed E-state index contributed by atoms with van der Waals surface area (Å²) in [6, 6.07) is 5.63. The number of nitrogens with zero attached hydrogens (tertiary/aromatic N) is 2. The molecule has 0 bridgehead atoms. The van der Waals surface area contributed by atoms with Gasteiger partial charge in [-0.25, -0.2) is 8.42 Å². The molecule has 0 radical (unpaired) electrons. The third kappa shape index (κ3) is 3.21. The molecule has 24 heavy (non-hydrogen) atoms. The van der Waals surface area contributed by atoms with Crippen molar-refractivity contribution in [3.05, 3.63) is 44.8 Å². The smallest absolute Gasteiger partial charge is 0.276 e. The van der Waals surface area contributed by atoms with Crippen LogP contribution >= 0.6 is 24.0 Å². The molecule has 1 aromatic rings. The molecule has 2 fully saturated rings. The van der Waals surface area contributed by atoms with Crippen molar-refractivity contribution in [1.82, 2.24) is 4.90 Å². The summed E-state index contributed by atoms with van der Waals surface area (Å²) in [5.41, 5.74) is 0.202. The number of hydrogen-bond donors (Lipinski definition) is 0. The number of thioether (sulfide) groups is 1. The second kappa shape index (κ2) is 6.26. The van der Waals surface area contributed by atoms with Crippen molar-refractivity contribution in [2.75, 3.05) is 11.5 Å². The fourth-order valence-electron chi connectivity index (χ4n) is 2.69. The lowest BCUT2D eigenvalue weighted by Gasteiger charge is -2.20. The lowest BCUT2D eigenvalue weighted by Crippen LogP contribution is -2.39. The molecule has 0 aromatic heterocycles. The molecule has 0 saturated carbocycles. The summed E-state index contributed by atoms with van der Waals surface area (Å²) in [6.45, 7) is 0. The van der Waals surface area contributed by atoms with Crippen molar-refractivity contribution in [2.45, 2.75) is 12.5 Å². The number of para-hydroxylation sites is 1. The highest BCUT2D eigenvalue weighted by Crippen LogP contribution is 2.37. The Morgan fingerprint density at radius 1 is 1.38 bits per heavy atom. The Balaban J connectivity index is 1.91. The molecule has 7 nitrogen and oxygen atoms in total. The molecule has 3 rings (SSSR count). The minimum atomic E-state index is -3.15. The summed E-state index contributed by atoms with van der Waals surface area (Å²) in [7, 11) is -3.15. The van der Waals surface area contributed by atoms with Crippen LogP contribution in [0.15, 0.2) is 29.2 Å². The molecule has 2 saturated heterocycles. The Labute approximate surface area is 147 Å². The number of carbonyl (C=O) groups excluding carboxylic acids is 1. The SMILES string of the molecule is O=C1/C(=C\c2ccccc2[N+](=O)[O-])SC(=S)N1C1CCS(=O)(=O)C1. The summed E-state index contributed by atoms with van der Waals surface area (Å²) in [4.78, 5) is 24.7. The maximum absolute atomic E-state index is 12.6. The van der Waals surface area contributed by atoms with Crippen molar-refractivity contribution >= 4 is 55.8 Å². The van der Waals surface area contributed by atoms with E-state index in [4.69, 9.17) is 12.2 Å². The maximum atomic E-state index is 12.6. The summed E-state index contributed by atoms with van der Waals surface area (Å²) in [5.74, 6) is -0.457. The summed E-state index contributed by atoms with van der Waals surface area (Å²) in [5, 5.41) is 11.1. The Morgan fingerprint density at radius 3 is 2.71 bits per heavy atom. The van der Waals surface area contributed by atoms with Gasteiger partial charge in [0.25, 0.3) is 11.6 Å². The molecule has 10 heteroatoms. The van der Waals surface area contributed by atoms with Gasteiger partial charge >= 0.3 is 0 Å². The van der Waals surface area contributed by atoms with E-state index < -0.39 is 26.7 Å². The highest BCUT2D eigenvalue weighted by Gasteiger charge is 2.42. The molecule has 1 unspecified atom stereocenters. The number of carbonyl (C=O) groups is 1. The molecule has 1 amide bonds. The second-order valence-electron chi connectivity index (χ2n) is 5.42. The predicted octanol–water partition coefficient (Wildman–Crippen LogP) is 1.98. The first-order valence-electron chi connectivity index (χ1n) is 6.99. The van der Waals surface area contributed by atoms with E-state index in [1.54, 1.807) is 18.2 Å². The van der Waals surface area contributed by atoms with Crippen molar-refractivity contribution in [3.8, 4) is 0 Å². The van der Waals surface area contributed by atoms with E-state index in [0.717, 1.165) is 11.8 Å². The molecule has 0 N–H and O–H groups in total. The normalized spacial score (nSPS) is 24.8. The minimum Gasteiger partial charge on any atom is -0.289 e. The van der Waals surface area contributed by atoms with E-state index >= 15 is 0 Å². The van der Waals surface area contributed by atoms with Gasteiger partial charge in [0.1, 0.15) is 4.32 Å². The third-order valence-corrected chi connectivity index (χ3v) is 6.90. The summed E-state index contributed by atoms with van der Waals surface area (Å²) < 4.78 is 23.5. The average Bonchev–Trinajstić information content (AvgIpc) is 2.99. The molecule has 1 aromatic carbocycles. The molecule has 1 atom stereocenters. The van der Waals surface area contributed by atoms with Gasteiger partial charge in [0, 0.05) is 6.07 Å². The lowest BCUT2D eigenvalue weighted by molar-refractivity contribution is -0.385. The van der Waals surface area contributed by atoms with Crippen LogP contribution in [0.2, 0.25) is 0 Å². The van der Waals surface area contributed by atoms with Crippen LogP contribution in [0.1, 0.15) is 12.0 Å². The van der Waals surface area contributed by atoms with Crippen LogP contribution in [0.5, 0.6) is 0 Å². The van der Waals surface area contributed by atoms with Crippen LogP contribution in [-0.4, -0.2) is 46.0 Å². The van der Waals surface area contributed by atoms with Crippen molar-refractivity contribution in [1.29, 1.82) is 0 Å². The van der Waals surface area contributed by atoms with Gasteiger partial charge in [-0.05, 0) is 18.6 Å². The molecule has 0 spiro atoms.